The van der Waals surface area contributed by atoms with E-state index in [2.05, 4.69) is 36.5 Å². The molecule has 2 aliphatic heterocycles. The van der Waals surface area contributed by atoms with Crippen LogP contribution >= 0.6 is 0 Å². The molecule has 2 heterocycles. The maximum absolute atomic E-state index is 5.83. The van der Waals surface area contributed by atoms with Crippen LogP contribution in [0.15, 0.2) is 24.3 Å². The molecule has 1 unspecified atom stereocenters. The van der Waals surface area contributed by atoms with Crippen LogP contribution in [0.1, 0.15) is 31.4 Å². The largest absolute Gasteiger partial charge is 0.493 e. The van der Waals surface area contributed by atoms with E-state index in [1.54, 1.807) is 0 Å². The predicted octanol–water partition coefficient (Wildman–Crippen LogP) is 2.53. The third-order valence-corrected chi connectivity index (χ3v) is 3.83. The Morgan fingerprint density at radius 2 is 2.11 bits per heavy atom. The summed E-state index contributed by atoms with van der Waals surface area (Å²) < 4.78 is 11.1. The molecule has 2 aliphatic rings. The van der Waals surface area contributed by atoms with Gasteiger partial charge < -0.3 is 14.8 Å². The first kappa shape index (κ1) is 12.0. The molecule has 0 amide bonds. The molecule has 0 bridgehead atoms. The molecule has 0 spiro atoms. The summed E-state index contributed by atoms with van der Waals surface area (Å²) in [6.45, 7) is 5.72. The van der Waals surface area contributed by atoms with Gasteiger partial charge in [0.25, 0.3) is 0 Å². The van der Waals surface area contributed by atoms with Crippen molar-refractivity contribution in [2.24, 2.45) is 5.41 Å². The number of nitrogens with one attached hydrogen (secondary N) is 1. The van der Waals surface area contributed by atoms with Crippen molar-refractivity contribution in [2.45, 2.75) is 25.8 Å². The van der Waals surface area contributed by atoms with E-state index < -0.39 is 0 Å². The highest BCUT2D eigenvalue weighted by Crippen LogP contribution is 2.29. The smallest absolute Gasteiger partial charge is 0.119 e. The van der Waals surface area contributed by atoms with Gasteiger partial charge in [0.15, 0.2) is 0 Å². The second kappa shape index (κ2) is 4.90. The predicted molar refractivity (Wildman–Crippen MR) is 70.8 cm³/mol. The van der Waals surface area contributed by atoms with Crippen molar-refractivity contribution in [3.8, 4) is 5.75 Å². The normalized spacial score (nSPS) is 25.7. The Balaban J connectivity index is 1.57. The third-order valence-electron chi connectivity index (χ3n) is 3.83. The quantitative estimate of drug-likeness (QED) is 0.887. The number of benzene rings is 1. The molecule has 1 aromatic rings. The minimum atomic E-state index is 0.214. The molecule has 0 saturated carbocycles. The lowest BCUT2D eigenvalue weighted by Gasteiger charge is -2.37. The summed E-state index contributed by atoms with van der Waals surface area (Å²) in [5.74, 6) is 0.963. The summed E-state index contributed by atoms with van der Waals surface area (Å²) in [5, 5.41) is 3.51. The molecule has 98 valence electrons. The molecule has 0 aromatic heterocycles. The fourth-order valence-electron chi connectivity index (χ4n) is 2.56. The van der Waals surface area contributed by atoms with Crippen molar-refractivity contribution in [1.29, 1.82) is 0 Å². The van der Waals surface area contributed by atoms with Crippen LogP contribution in [0.4, 0.5) is 0 Å². The van der Waals surface area contributed by atoms with E-state index in [-0.39, 0.29) is 5.41 Å². The van der Waals surface area contributed by atoms with E-state index in [9.17, 15) is 0 Å². The van der Waals surface area contributed by atoms with E-state index in [0.717, 1.165) is 32.1 Å². The lowest BCUT2D eigenvalue weighted by molar-refractivity contribution is -0.120. The van der Waals surface area contributed by atoms with Gasteiger partial charge in [0.2, 0.25) is 0 Å². The first-order valence-electron chi connectivity index (χ1n) is 6.79. The molecule has 2 fully saturated rings. The van der Waals surface area contributed by atoms with Crippen LogP contribution in [0, 0.1) is 5.41 Å². The van der Waals surface area contributed by atoms with Crippen molar-refractivity contribution in [2.75, 3.05) is 26.4 Å². The van der Waals surface area contributed by atoms with Gasteiger partial charge in [-0.05, 0) is 37.1 Å². The molecular weight excluding hydrogens is 226 g/mol. The Bertz CT molecular complexity index is 391. The monoisotopic (exact) mass is 247 g/mol. The first-order valence-corrected chi connectivity index (χ1v) is 6.79. The number of ether oxygens (including phenoxy) is 2. The van der Waals surface area contributed by atoms with Crippen molar-refractivity contribution < 1.29 is 9.47 Å². The van der Waals surface area contributed by atoms with Crippen LogP contribution in [0.2, 0.25) is 0 Å². The Morgan fingerprint density at radius 1 is 1.33 bits per heavy atom. The minimum Gasteiger partial charge on any atom is -0.493 e. The maximum atomic E-state index is 5.83. The molecule has 3 heteroatoms. The van der Waals surface area contributed by atoms with Gasteiger partial charge in [-0.15, -0.1) is 0 Å². The average molecular weight is 247 g/mol. The second-order valence-corrected chi connectivity index (χ2v) is 5.81. The summed E-state index contributed by atoms with van der Waals surface area (Å²) in [6.07, 6.45) is 2.52. The summed E-state index contributed by atoms with van der Waals surface area (Å²) in [6, 6.07) is 9.06. The molecule has 2 saturated heterocycles. The lowest BCUT2D eigenvalue weighted by atomic mass is 9.90. The Labute approximate surface area is 108 Å². The fourth-order valence-corrected chi connectivity index (χ4v) is 2.56. The molecule has 3 nitrogen and oxygen atoms in total. The number of hydrogen-bond acceptors (Lipinski definition) is 3. The zero-order chi connectivity index (χ0) is 12.4. The maximum Gasteiger partial charge on any atom is 0.119 e. The van der Waals surface area contributed by atoms with Crippen LogP contribution in [-0.2, 0) is 4.74 Å². The van der Waals surface area contributed by atoms with Crippen LogP contribution in [0.3, 0.4) is 0 Å². The van der Waals surface area contributed by atoms with E-state index in [0.29, 0.717) is 6.04 Å². The van der Waals surface area contributed by atoms with Crippen LogP contribution in [-0.4, -0.2) is 26.4 Å². The lowest BCUT2D eigenvalue weighted by Crippen LogP contribution is -2.44. The Kier molecular flexibility index (Phi) is 3.27. The van der Waals surface area contributed by atoms with E-state index in [1.807, 2.05) is 0 Å². The van der Waals surface area contributed by atoms with E-state index >= 15 is 0 Å². The molecule has 0 radical (unpaired) electrons. The number of hydrogen-bond donors (Lipinski definition) is 1. The summed E-state index contributed by atoms with van der Waals surface area (Å²) >= 11 is 0. The van der Waals surface area contributed by atoms with Gasteiger partial charge >= 0.3 is 0 Å². The van der Waals surface area contributed by atoms with Gasteiger partial charge in [-0.25, -0.2) is 0 Å². The molecule has 1 aromatic carbocycles. The molecular formula is C15H21NO2. The summed E-state index contributed by atoms with van der Waals surface area (Å²) in [7, 11) is 0. The van der Waals surface area contributed by atoms with Gasteiger partial charge in [0, 0.05) is 11.5 Å². The highest BCUT2D eigenvalue weighted by atomic mass is 16.5. The van der Waals surface area contributed by atoms with Crippen molar-refractivity contribution in [1.82, 2.24) is 5.32 Å². The molecule has 0 aliphatic carbocycles. The van der Waals surface area contributed by atoms with Gasteiger partial charge in [-0.3, -0.25) is 0 Å². The van der Waals surface area contributed by atoms with Crippen LogP contribution in [0.5, 0.6) is 5.75 Å². The standard InChI is InChI=1S/C15H21NO2/c1-15(9-17-10-15)11-18-13-6-4-12(5-7-13)14-3-2-8-16-14/h4-7,14,16H,2-3,8-11H2,1H3. The summed E-state index contributed by atoms with van der Waals surface area (Å²) in [5.41, 5.74) is 1.59. The average Bonchev–Trinajstić information content (AvgIpc) is 2.88. The highest BCUT2D eigenvalue weighted by molar-refractivity contribution is 5.29. The van der Waals surface area contributed by atoms with Gasteiger partial charge in [-0.1, -0.05) is 19.1 Å². The van der Waals surface area contributed by atoms with Crippen molar-refractivity contribution >= 4 is 0 Å². The zero-order valence-electron chi connectivity index (χ0n) is 10.9. The molecule has 3 rings (SSSR count). The third kappa shape index (κ3) is 2.52. The van der Waals surface area contributed by atoms with E-state index in [1.165, 1.54) is 18.4 Å². The second-order valence-electron chi connectivity index (χ2n) is 5.81. The van der Waals surface area contributed by atoms with Crippen molar-refractivity contribution in [3.05, 3.63) is 29.8 Å². The topological polar surface area (TPSA) is 30.5 Å². The van der Waals surface area contributed by atoms with Crippen molar-refractivity contribution in [3.63, 3.8) is 0 Å². The Morgan fingerprint density at radius 3 is 2.67 bits per heavy atom. The summed E-state index contributed by atoms with van der Waals surface area (Å²) in [4.78, 5) is 0. The molecule has 1 atom stereocenters. The van der Waals surface area contributed by atoms with Crippen LogP contribution in [0.25, 0.3) is 0 Å². The molecule has 18 heavy (non-hydrogen) atoms. The van der Waals surface area contributed by atoms with Gasteiger partial charge in [-0.2, -0.15) is 0 Å². The highest BCUT2D eigenvalue weighted by Gasteiger charge is 2.34. The zero-order valence-corrected chi connectivity index (χ0v) is 10.9. The van der Waals surface area contributed by atoms with Gasteiger partial charge in [0.05, 0.1) is 19.8 Å². The number of rotatable bonds is 4. The molecule has 1 N–H and O–H groups in total. The van der Waals surface area contributed by atoms with Crippen LogP contribution < -0.4 is 10.1 Å². The fraction of sp³-hybridized carbons (Fsp3) is 0.600. The Hall–Kier alpha value is -1.06. The minimum absolute atomic E-state index is 0.214. The first-order chi connectivity index (χ1) is 8.75. The van der Waals surface area contributed by atoms with Gasteiger partial charge in [0.1, 0.15) is 5.75 Å². The van der Waals surface area contributed by atoms with E-state index in [4.69, 9.17) is 9.47 Å². The SMILES string of the molecule is CC1(COc2ccc(C3CCCN3)cc2)COC1.